The molecule has 0 bridgehead atoms. The Balaban J connectivity index is 1.24. The first-order chi connectivity index (χ1) is 19.0. The third kappa shape index (κ3) is 4.79. The topological polar surface area (TPSA) is 126 Å². The van der Waals surface area contributed by atoms with Gasteiger partial charge in [0.05, 0.1) is 23.0 Å². The molecule has 11 heteroatoms. The Bertz CT molecular complexity index is 1590. The molecule has 0 spiro atoms. The maximum atomic E-state index is 13.3. The molecule has 2 aliphatic rings. The van der Waals surface area contributed by atoms with Crippen LogP contribution in [0.5, 0.6) is 11.5 Å². The Hall–Kier alpha value is -4.77. The van der Waals surface area contributed by atoms with Crippen molar-refractivity contribution < 1.29 is 19.1 Å². The number of amides is 4. The number of carbonyl (C=O) groups is 3. The molecule has 0 saturated heterocycles. The fourth-order valence-electron chi connectivity index (χ4n) is 4.92. The van der Waals surface area contributed by atoms with Gasteiger partial charge in [0.25, 0.3) is 5.91 Å². The van der Waals surface area contributed by atoms with Crippen molar-refractivity contribution in [2.75, 3.05) is 10.2 Å². The van der Waals surface area contributed by atoms with Gasteiger partial charge in [-0.2, -0.15) is 0 Å². The number of urea groups is 1. The van der Waals surface area contributed by atoms with Gasteiger partial charge < -0.3 is 20.7 Å². The number of pyridine rings is 2. The van der Waals surface area contributed by atoms with Crippen molar-refractivity contribution in [1.29, 1.82) is 0 Å². The number of hydrogen-bond acceptors (Lipinski definition) is 7. The summed E-state index contributed by atoms with van der Waals surface area (Å²) in [5, 5.41) is 9.50. The number of aromatic nitrogens is 2. The number of nitrogens with zero attached hydrogens (tertiary/aromatic N) is 3. The van der Waals surface area contributed by atoms with Crippen LogP contribution in [0.3, 0.4) is 0 Å². The fraction of sp³-hybridized carbons (Fsp3) is 0.179. The van der Waals surface area contributed by atoms with E-state index in [-0.39, 0.29) is 23.9 Å². The predicted molar refractivity (Wildman–Crippen MR) is 149 cm³/mol. The van der Waals surface area contributed by atoms with Crippen LogP contribution in [0, 0.1) is 0 Å². The zero-order valence-corrected chi connectivity index (χ0v) is 21.5. The van der Waals surface area contributed by atoms with E-state index in [0.29, 0.717) is 50.2 Å². The predicted octanol–water partition coefficient (Wildman–Crippen LogP) is 5.12. The van der Waals surface area contributed by atoms with E-state index in [9.17, 15) is 14.4 Å². The molecular weight excluding hydrogens is 516 g/mol. The van der Waals surface area contributed by atoms with Crippen LogP contribution in [0.2, 0.25) is 0 Å². The average Bonchev–Trinajstić information content (AvgIpc) is 3.55. The van der Waals surface area contributed by atoms with Crippen LogP contribution in [0.25, 0.3) is 10.2 Å². The van der Waals surface area contributed by atoms with Crippen LogP contribution in [-0.2, 0) is 4.79 Å². The van der Waals surface area contributed by atoms with E-state index < -0.39 is 6.03 Å². The van der Waals surface area contributed by atoms with Crippen molar-refractivity contribution in [2.45, 2.75) is 31.3 Å². The number of hydrogen-bond donors (Lipinski definition) is 3. The monoisotopic (exact) mass is 540 g/mol. The van der Waals surface area contributed by atoms with Gasteiger partial charge in [0.1, 0.15) is 27.0 Å². The van der Waals surface area contributed by atoms with Gasteiger partial charge in [-0.15, -0.1) is 11.3 Å². The highest BCUT2D eigenvalue weighted by atomic mass is 32.1. The first-order valence-electron chi connectivity index (χ1n) is 12.5. The standard InChI is InChI=1S/C28H24N6O4S/c1-2-22(35)31-16-8-9-17(14-16)32-26(36)25-24-23-20(12-13-29-27(23)39-25)34(28(37)33-24)21-11-10-19(15-30-21)38-18-6-4-3-5-7-18/h2-7,10-13,15-17H,1,8-9,14H2,(H,31,35)(H,32,36)(H,33,37)/t16-,17+/m0/s1. The lowest BCUT2D eigenvalue weighted by Gasteiger charge is -2.27. The molecule has 1 aromatic carbocycles. The molecule has 10 nitrogen and oxygen atoms in total. The van der Waals surface area contributed by atoms with Gasteiger partial charge in [-0.05, 0) is 55.7 Å². The summed E-state index contributed by atoms with van der Waals surface area (Å²) in [4.78, 5) is 49.6. The van der Waals surface area contributed by atoms with Gasteiger partial charge in [-0.3, -0.25) is 9.59 Å². The summed E-state index contributed by atoms with van der Waals surface area (Å²) >= 11 is 1.22. The third-order valence-electron chi connectivity index (χ3n) is 6.68. The summed E-state index contributed by atoms with van der Waals surface area (Å²) in [5.74, 6) is 1.12. The van der Waals surface area contributed by atoms with Crippen LogP contribution >= 0.6 is 11.3 Å². The van der Waals surface area contributed by atoms with E-state index in [2.05, 4.69) is 32.5 Å². The molecule has 2 atom stereocenters. The molecule has 0 radical (unpaired) electrons. The number of carbonyl (C=O) groups excluding carboxylic acids is 3. The Morgan fingerprint density at radius 2 is 1.85 bits per heavy atom. The van der Waals surface area contributed by atoms with Crippen molar-refractivity contribution in [3.63, 3.8) is 0 Å². The molecule has 1 fully saturated rings. The van der Waals surface area contributed by atoms with E-state index >= 15 is 0 Å². The first kappa shape index (κ1) is 24.6. The minimum atomic E-state index is -0.431. The maximum absolute atomic E-state index is 13.3. The van der Waals surface area contributed by atoms with E-state index in [1.807, 2.05) is 30.3 Å². The largest absolute Gasteiger partial charge is 0.456 e. The zero-order chi connectivity index (χ0) is 26.9. The first-order valence-corrected chi connectivity index (χ1v) is 13.3. The molecule has 3 N–H and O–H groups in total. The Morgan fingerprint density at radius 3 is 2.59 bits per heavy atom. The number of para-hydroxylation sites is 1. The minimum absolute atomic E-state index is 0.0138. The van der Waals surface area contributed by atoms with Crippen LogP contribution in [-0.4, -0.2) is 39.9 Å². The molecule has 196 valence electrons. The van der Waals surface area contributed by atoms with Crippen molar-refractivity contribution in [3.05, 3.63) is 78.5 Å². The number of thiophene rings is 1. The average molecular weight is 541 g/mol. The second-order valence-electron chi connectivity index (χ2n) is 9.24. The summed E-state index contributed by atoms with van der Waals surface area (Å²) in [6.07, 6.45) is 6.55. The quantitative estimate of drug-likeness (QED) is 0.280. The number of benzene rings is 1. The van der Waals surface area contributed by atoms with Crippen LogP contribution in [0.4, 0.5) is 22.0 Å². The van der Waals surface area contributed by atoms with Crippen molar-refractivity contribution >= 4 is 56.6 Å². The van der Waals surface area contributed by atoms with E-state index in [1.54, 1.807) is 30.6 Å². The van der Waals surface area contributed by atoms with Crippen LogP contribution < -0.4 is 25.6 Å². The van der Waals surface area contributed by atoms with E-state index in [4.69, 9.17) is 4.74 Å². The van der Waals surface area contributed by atoms with Gasteiger partial charge >= 0.3 is 6.03 Å². The summed E-state index contributed by atoms with van der Waals surface area (Å²) < 4.78 is 5.82. The molecule has 4 heterocycles. The van der Waals surface area contributed by atoms with Crippen LogP contribution in [0.15, 0.2) is 73.6 Å². The molecule has 6 rings (SSSR count). The minimum Gasteiger partial charge on any atom is -0.456 e. The highest BCUT2D eigenvalue weighted by molar-refractivity contribution is 7.21. The Kier molecular flexibility index (Phi) is 6.41. The van der Waals surface area contributed by atoms with Crippen molar-refractivity contribution in [1.82, 2.24) is 20.6 Å². The summed E-state index contributed by atoms with van der Waals surface area (Å²) in [7, 11) is 0. The summed E-state index contributed by atoms with van der Waals surface area (Å²) in [5.41, 5.74) is 1.03. The lowest BCUT2D eigenvalue weighted by molar-refractivity contribution is -0.117. The number of ether oxygens (including phenoxy) is 1. The lowest BCUT2D eigenvalue weighted by Crippen LogP contribution is -2.37. The highest BCUT2D eigenvalue weighted by Gasteiger charge is 2.34. The molecule has 4 aromatic rings. The molecular formula is C28H24N6O4S. The summed E-state index contributed by atoms with van der Waals surface area (Å²) in [6, 6.07) is 14.0. The smallest absolute Gasteiger partial charge is 0.332 e. The molecule has 3 aromatic heterocycles. The second kappa shape index (κ2) is 10.2. The van der Waals surface area contributed by atoms with Crippen molar-refractivity contribution in [3.8, 4) is 11.5 Å². The highest BCUT2D eigenvalue weighted by Crippen LogP contribution is 2.45. The number of rotatable bonds is 7. The van der Waals surface area contributed by atoms with Gasteiger partial charge in [0, 0.05) is 18.3 Å². The molecule has 39 heavy (non-hydrogen) atoms. The Morgan fingerprint density at radius 1 is 1.05 bits per heavy atom. The van der Waals surface area contributed by atoms with Gasteiger partial charge in [-0.25, -0.2) is 19.7 Å². The third-order valence-corrected chi connectivity index (χ3v) is 7.78. The molecule has 4 amide bonds. The zero-order valence-electron chi connectivity index (χ0n) is 20.7. The number of anilines is 3. The lowest BCUT2D eigenvalue weighted by atomic mass is 10.1. The Labute approximate surface area is 227 Å². The fourth-order valence-corrected chi connectivity index (χ4v) is 5.94. The summed E-state index contributed by atoms with van der Waals surface area (Å²) in [6.45, 7) is 3.48. The molecule has 0 unspecified atom stereocenters. The van der Waals surface area contributed by atoms with Gasteiger partial charge in [-0.1, -0.05) is 24.8 Å². The molecule has 1 aliphatic heterocycles. The van der Waals surface area contributed by atoms with E-state index in [0.717, 1.165) is 12.8 Å². The molecule has 1 saturated carbocycles. The van der Waals surface area contributed by atoms with E-state index in [1.165, 1.54) is 22.3 Å². The normalized spacial score (nSPS) is 17.9. The van der Waals surface area contributed by atoms with Crippen molar-refractivity contribution in [2.24, 2.45) is 0 Å². The second-order valence-corrected chi connectivity index (χ2v) is 10.2. The number of nitrogens with one attached hydrogen (secondary N) is 3. The molecule has 1 aliphatic carbocycles. The van der Waals surface area contributed by atoms with Crippen LogP contribution in [0.1, 0.15) is 28.9 Å². The van der Waals surface area contributed by atoms with Gasteiger partial charge in [0.2, 0.25) is 5.91 Å². The maximum Gasteiger partial charge on any atom is 0.332 e. The van der Waals surface area contributed by atoms with Gasteiger partial charge in [0.15, 0.2) is 0 Å². The SMILES string of the molecule is C=CC(=O)N[C@H]1CC[C@@H](NC(=O)c2sc3nccc4c3c2NC(=O)N4c2ccc(Oc3ccccc3)cn2)C1.